The van der Waals surface area contributed by atoms with Crippen molar-refractivity contribution in [1.29, 1.82) is 0 Å². The molecule has 1 N–H and O–H groups in total. The number of aromatic nitrogens is 4. The van der Waals surface area contributed by atoms with Gasteiger partial charge in [-0.1, -0.05) is 6.92 Å². The summed E-state index contributed by atoms with van der Waals surface area (Å²) in [4.78, 5) is 5.67. The molecule has 3 rings (SSSR count). The van der Waals surface area contributed by atoms with E-state index in [1.807, 2.05) is 11.6 Å². The maximum absolute atomic E-state index is 4.68. The van der Waals surface area contributed by atoms with Crippen molar-refractivity contribution in [3.05, 3.63) is 40.4 Å². The second-order valence-electron chi connectivity index (χ2n) is 5.24. The fraction of sp³-hybridized carbons (Fsp3) is 0.467. The summed E-state index contributed by atoms with van der Waals surface area (Å²) in [6.07, 6.45) is 5.16. The monoisotopic (exact) mass is 303 g/mol. The predicted octanol–water partition coefficient (Wildman–Crippen LogP) is 2.41. The van der Waals surface area contributed by atoms with Gasteiger partial charge in [0.1, 0.15) is 0 Å². The largest absolute Gasteiger partial charge is 0.317 e. The van der Waals surface area contributed by atoms with Crippen LogP contribution in [0.4, 0.5) is 0 Å². The zero-order chi connectivity index (χ0) is 14.8. The van der Waals surface area contributed by atoms with Crippen LogP contribution in [0.15, 0.2) is 17.8 Å². The van der Waals surface area contributed by atoms with Crippen LogP contribution in [0, 0.1) is 13.8 Å². The molecule has 0 unspecified atom stereocenters. The summed E-state index contributed by atoms with van der Waals surface area (Å²) in [5, 5.41) is 10.1. The summed E-state index contributed by atoms with van der Waals surface area (Å²) < 4.78 is 4.14. The van der Waals surface area contributed by atoms with Gasteiger partial charge in [-0.25, -0.2) is 4.98 Å². The van der Waals surface area contributed by atoms with Crippen molar-refractivity contribution < 1.29 is 0 Å². The number of hydrogen-bond donors (Lipinski definition) is 1. The lowest BCUT2D eigenvalue weighted by Crippen LogP contribution is -2.16. The van der Waals surface area contributed by atoms with Crippen molar-refractivity contribution in [2.45, 2.75) is 33.7 Å². The zero-order valence-corrected chi connectivity index (χ0v) is 13.6. The van der Waals surface area contributed by atoms with E-state index < -0.39 is 0 Å². The van der Waals surface area contributed by atoms with Gasteiger partial charge < -0.3 is 5.32 Å². The third kappa shape index (κ3) is 2.87. The number of thiazole rings is 1. The first-order valence-electron chi connectivity index (χ1n) is 7.33. The molecule has 112 valence electrons. The topological polar surface area (TPSA) is 47.2 Å². The highest BCUT2D eigenvalue weighted by Crippen LogP contribution is 2.16. The molecule has 6 heteroatoms. The normalized spacial score (nSPS) is 11.6. The lowest BCUT2D eigenvalue weighted by Gasteiger charge is -2.04. The molecule has 0 radical (unpaired) electrons. The highest BCUT2D eigenvalue weighted by atomic mass is 32.1. The first kappa shape index (κ1) is 14.3. The Morgan fingerprint density at radius 2 is 2.19 bits per heavy atom. The van der Waals surface area contributed by atoms with Gasteiger partial charge >= 0.3 is 0 Å². The third-order valence-electron chi connectivity index (χ3n) is 3.79. The molecule has 0 spiro atoms. The number of imidazole rings is 1. The summed E-state index contributed by atoms with van der Waals surface area (Å²) in [5.74, 6) is 0. The van der Waals surface area contributed by atoms with E-state index in [0.29, 0.717) is 0 Å². The van der Waals surface area contributed by atoms with Gasteiger partial charge in [0, 0.05) is 23.5 Å². The Bertz CT molecular complexity index is 708. The Morgan fingerprint density at radius 3 is 2.95 bits per heavy atom. The Balaban J connectivity index is 1.79. The molecule has 3 aromatic rings. The number of nitrogens with zero attached hydrogens (tertiary/aromatic N) is 4. The van der Waals surface area contributed by atoms with E-state index in [1.54, 1.807) is 11.3 Å². The quantitative estimate of drug-likeness (QED) is 0.711. The Morgan fingerprint density at radius 1 is 1.33 bits per heavy atom. The lowest BCUT2D eigenvalue weighted by atomic mass is 10.1. The molecule has 21 heavy (non-hydrogen) atoms. The molecule has 3 aromatic heterocycles. The van der Waals surface area contributed by atoms with Gasteiger partial charge in [-0.3, -0.25) is 9.08 Å². The van der Waals surface area contributed by atoms with Crippen molar-refractivity contribution in [3.63, 3.8) is 0 Å². The minimum absolute atomic E-state index is 0.738. The van der Waals surface area contributed by atoms with E-state index in [0.717, 1.165) is 42.4 Å². The molecule has 0 atom stereocenters. The summed E-state index contributed by atoms with van der Waals surface area (Å²) in [5.41, 5.74) is 4.80. The molecular formula is C15H21N5S. The van der Waals surface area contributed by atoms with Gasteiger partial charge in [-0.05, 0) is 38.9 Å². The highest BCUT2D eigenvalue weighted by molar-refractivity contribution is 7.15. The van der Waals surface area contributed by atoms with E-state index >= 15 is 0 Å². The number of aryl methyl sites for hydroxylation is 1. The number of nitrogens with one attached hydrogen (secondary N) is 1. The Kier molecular flexibility index (Phi) is 4.07. The summed E-state index contributed by atoms with van der Waals surface area (Å²) in [7, 11) is 0. The zero-order valence-electron chi connectivity index (χ0n) is 12.8. The molecule has 3 heterocycles. The second-order valence-corrected chi connectivity index (χ2v) is 6.11. The molecule has 0 bridgehead atoms. The van der Waals surface area contributed by atoms with Crippen molar-refractivity contribution in [2.24, 2.45) is 0 Å². The first-order chi connectivity index (χ1) is 10.2. The average molecular weight is 303 g/mol. The van der Waals surface area contributed by atoms with Crippen LogP contribution < -0.4 is 5.32 Å². The second kappa shape index (κ2) is 5.99. The third-order valence-corrected chi connectivity index (χ3v) is 4.56. The van der Waals surface area contributed by atoms with Crippen molar-refractivity contribution in [1.82, 2.24) is 24.5 Å². The minimum Gasteiger partial charge on any atom is -0.317 e. The number of rotatable bonds is 6. The van der Waals surface area contributed by atoms with E-state index in [4.69, 9.17) is 0 Å². The van der Waals surface area contributed by atoms with Crippen LogP contribution in [0.25, 0.3) is 4.96 Å². The molecule has 5 nitrogen and oxygen atoms in total. The number of hydrogen-bond acceptors (Lipinski definition) is 4. The smallest absolute Gasteiger partial charge is 0.193 e. The Labute approximate surface area is 128 Å². The van der Waals surface area contributed by atoms with Crippen molar-refractivity contribution in [2.75, 3.05) is 13.1 Å². The molecule has 0 amide bonds. The van der Waals surface area contributed by atoms with Gasteiger partial charge in [0.15, 0.2) is 4.96 Å². The predicted molar refractivity (Wildman–Crippen MR) is 86.1 cm³/mol. The molecule has 0 aromatic carbocycles. The maximum atomic E-state index is 4.68. The SMILES string of the molecule is CCNCCc1c(C)nn(Cc2cn3ccsc3n2)c1C. The number of likely N-dealkylation sites (N-methyl/N-ethyl adjacent to an activating group) is 1. The van der Waals surface area contributed by atoms with Crippen LogP contribution in [0.3, 0.4) is 0 Å². The van der Waals surface area contributed by atoms with Crippen molar-refractivity contribution in [3.8, 4) is 0 Å². The first-order valence-corrected chi connectivity index (χ1v) is 8.21. The van der Waals surface area contributed by atoms with Crippen LogP contribution in [-0.4, -0.2) is 32.3 Å². The van der Waals surface area contributed by atoms with E-state index in [2.05, 4.69) is 51.5 Å². The van der Waals surface area contributed by atoms with Gasteiger partial charge in [-0.15, -0.1) is 11.3 Å². The van der Waals surface area contributed by atoms with Gasteiger partial charge in [0.2, 0.25) is 0 Å². The van der Waals surface area contributed by atoms with Crippen LogP contribution in [-0.2, 0) is 13.0 Å². The summed E-state index contributed by atoms with van der Waals surface area (Å²) >= 11 is 1.66. The van der Waals surface area contributed by atoms with E-state index in [1.165, 1.54) is 11.3 Å². The van der Waals surface area contributed by atoms with Crippen molar-refractivity contribution >= 4 is 16.3 Å². The Hall–Kier alpha value is -1.66. The highest BCUT2D eigenvalue weighted by Gasteiger charge is 2.12. The molecule has 0 aliphatic rings. The molecule has 0 aliphatic carbocycles. The molecule has 0 aliphatic heterocycles. The fourth-order valence-electron chi connectivity index (χ4n) is 2.65. The minimum atomic E-state index is 0.738. The summed E-state index contributed by atoms with van der Waals surface area (Å²) in [6, 6.07) is 0. The maximum Gasteiger partial charge on any atom is 0.193 e. The molecular weight excluding hydrogens is 282 g/mol. The standard InChI is InChI=1S/C15H21N5S/c1-4-16-6-5-14-11(2)18-20(12(14)3)10-13-9-19-7-8-21-15(19)17-13/h7-9,16H,4-6,10H2,1-3H3. The molecule has 0 saturated heterocycles. The van der Waals surface area contributed by atoms with Gasteiger partial charge in [0.05, 0.1) is 17.9 Å². The van der Waals surface area contributed by atoms with Crippen LogP contribution in [0.2, 0.25) is 0 Å². The number of fused-ring (bicyclic) bond motifs is 1. The van der Waals surface area contributed by atoms with Gasteiger partial charge in [0.25, 0.3) is 0 Å². The lowest BCUT2D eigenvalue weighted by molar-refractivity contribution is 0.647. The fourth-order valence-corrected chi connectivity index (χ4v) is 3.36. The summed E-state index contributed by atoms with van der Waals surface area (Å²) in [6.45, 7) is 9.13. The van der Waals surface area contributed by atoms with Crippen LogP contribution in [0.5, 0.6) is 0 Å². The molecule has 0 saturated carbocycles. The van der Waals surface area contributed by atoms with E-state index in [-0.39, 0.29) is 0 Å². The van der Waals surface area contributed by atoms with Crippen LogP contribution >= 0.6 is 11.3 Å². The van der Waals surface area contributed by atoms with Gasteiger partial charge in [-0.2, -0.15) is 5.10 Å². The van der Waals surface area contributed by atoms with Crippen LogP contribution in [0.1, 0.15) is 29.6 Å². The average Bonchev–Trinajstić information content (AvgIpc) is 3.09. The molecule has 0 fully saturated rings. The van der Waals surface area contributed by atoms with E-state index in [9.17, 15) is 0 Å².